The summed E-state index contributed by atoms with van der Waals surface area (Å²) in [5.74, 6) is 0. The van der Waals surface area contributed by atoms with Crippen LogP contribution < -0.4 is 5.32 Å². The highest BCUT2D eigenvalue weighted by Gasteiger charge is 2.37. The molecule has 0 saturated carbocycles. The maximum absolute atomic E-state index is 12.1. The summed E-state index contributed by atoms with van der Waals surface area (Å²) in [6, 6.07) is -0.481. The number of β-amino-alcohol motifs (C(OH)–C–C–N with tert-alkyl or cyclic N) is 1. The number of nitrogens with zero attached hydrogens (tertiary/aromatic N) is 2. The minimum absolute atomic E-state index is 0.0982. The van der Waals surface area contributed by atoms with Crippen LogP contribution in [0.15, 0.2) is 0 Å². The monoisotopic (exact) mass is 251 g/mol. The fraction of sp³-hybridized carbons (Fsp3) is 1.00. The average molecular weight is 251 g/mol. The number of nitrogens with one attached hydrogen (secondary N) is 1. The molecule has 96 valence electrons. The first-order valence-electron chi connectivity index (χ1n) is 5.38. The van der Waals surface area contributed by atoms with E-state index in [0.717, 1.165) is 0 Å². The van der Waals surface area contributed by atoms with E-state index in [1.54, 1.807) is 7.05 Å². The lowest BCUT2D eigenvalue weighted by Crippen LogP contribution is -2.51. The van der Waals surface area contributed by atoms with Crippen molar-refractivity contribution in [1.82, 2.24) is 13.9 Å². The number of hydrogen-bond acceptors (Lipinski definition) is 4. The first kappa shape index (κ1) is 13.9. The van der Waals surface area contributed by atoms with Gasteiger partial charge in [0.2, 0.25) is 0 Å². The molecule has 0 spiro atoms. The minimum atomic E-state index is -3.49. The van der Waals surface area contributed by atoms with Gasteiger partial charge >= 0.3 is 0 Å². The Labute approximate surface area is 97.4 Å². The van der Waals surface area contributed by atoms with Crippen molar-refractivity contribution >= 4 is 10.2 Å². The second kappa shape index (κ2) is 4.97. The number of aliphatic hydroxyl groups excluding tert-OH is 1. The van der Waals surface area contributed by atoms with Crippen LogP contribution in [-0.2, 0) is 10.2 Å². The predicted molar refractivity (Wildman–Crippen MR) is 62.2 cm³/mol. The number of hydrogen-bond donors (Lipinski definition) is 2. The topological polar surface area (TPSA) is 72.9 Å². The Morgan fingerprint density at radius 2 is 1.88 bits per heavy atom. The van der Waals surface area contributed by atoms with Crippen LogP contribution in [0.3, 0.4) is 0 Å². The van der Waals surface area contributed by atoms with Crippen molar-refractivity contribution in [1.29, 1.82) is 0 Å². The van der Waals surface area contributed by atoms with Crippen molar-refractivity contribution in [2.24, 2.45) is 0 Å². The standard InChI is InChI=1S/C9H21N3O3S/c1-7(2)11(3)16(14,15)12(4)8-5-10-6-9(8)13/h7-10,13H,5-6H2,1-4H3/t8-,9-/m0/s1. The molecule has 1 aliphatic rings. The molecule has 7 heteroatoms. The number of aliphatic hydroxyl groups is 1. The van der Waals surface area contributed by atoms with E-state index >= 15 is 0 Å². The van der Waals surface area contributed by atoms with E-state index in [-0.39, 0.29) is 12.1 Å². The number of rotatable bonds is 4. The molecular formula is C9H21N3O3S. The highest BCUT2D eigenvalue weighted by Crippen LogP contribution is 2.15. The Morgan fingerprint density at radius 1 is 1.31 bits per heavy atom. The predicted octanol–water partition coefficient (Wildman–Crippen LogP) is -1.16. The fourth-order valence-corrected chi connectivity index (χ4v) is 3.16. The van der Waals surface area contributed by atoms with Crippen LogP contribution in [-0.4, -0.2) is 67.5 Å². The summed E-state index contributed by atoms with van der Waals surface area (Å²) in [5, 5.41) is 12.6. The molecule has 1 aliphatic heterocycles. The summed E-state index contributed by atoms with van der Waals surface area (Å²) in [5.41, 5.74) is 0. The van der Waals surface area contributed by atoms with Crippen molar-refractivity contribution in [3.05, 3.63) is 0 Å². The minimum Gasteiger partial charge on any atom is -0.390 e. The molecule has 6 nitrogen and oxygen atoms in total. The lowest BCUT2D eigenvalue weighted by molar-refractivity contribution is 0.132. The first-order chi connectivity index (χ1) is 7.28. The lowest BCUT2D eigenvalue weighted by Gasteiger charge is -2.31. The van der Waals surface area contributed by atoms with Gasteiger partial charge in [-0.15, -0.1) is 0 Å². The van der Waals surface area contributed by atoms with Crippen molar-refractivity contribution in [3.63, 3.8) is 0 Å². The van der Waals surface area contributed by atoms with Crippen molar-refractivity contribution < 1.29 is 13.5 Å². The van der Waals surface area contributed by atoms with Crippen LogP contribution in [0.5, 0.6) is 0 Å². The molecule has 0 unspecified atom stereocenters. The summed E-state index contributed by atoms with van der Waals surface area (Å²) in [4.78, 5) is 0. The van der Waals surface area contributed by atoms with E-state index < -0.39 is 16.3 Å². The molecule has 0 aromatic heterocycles. The maximum atomic E-state index is 12.1. The fourth-order valence-electron chi connectivity index (χ4n) is 1.66. The van der Waals surface area contributed by atoms with Gasteiger partial charge < -0.3 is 10.4 Å². The van der Waals surface area contributed by atoms with E-state index in [1.165, 1.54) is 15.7 Å². The molecule has 2 atom stereocenters. The molecular weight excluding hydrogens is 230 g/mol. The summed E-state index contributed by atoms with van der Waals surface area (Å²) in [7, 11) is -0.432. The Balaban J connectivity index is 2.83. The van der Waals surface area contributed by atoms with Gasteiger partial charge in [0.15, 0.2) is 0 Å². The van der Waals surface area contributed by atoms with E-state index in [4.69, 9.17) is 0 Å². The average Bonchev–Trinajstić information content (AvgIpc) is 2.61. The Kier molecular flexibility index (Phi) is 4.30. The zero-order chi connectivity index (χ0) is 12.5. The van der Waals surface area contributed by atoms with Crippen molar-refractivity contribution in [2.45, 2.75) is 32.0 Å². The summed E-state index contributed by atoms with van der Waals surface area (Å²) in [6.07, 6.45) is -0.639. The van der Waals surface area contributed by atoms with Gasteiger partial charge in [-0.3, -0.25) is 0 Å². The summed E-state index contributed by atoms with van der Waals surface area (Å²) in [6.45, 7) is 4.56. The molecule has 1 saturated heterocycles. The molecule has 16 heavy (non-hydrogen) atoms. The van der Waals surface area contributed by atoms with Gasteiger partial charge in [0.1, 0.15) is 0 Å². The smallest absolute Gasteiger partial charge is 0.282 e. The van der Waals surface area contributed by atoms with Gasteiger partial charge in [0.25, 0.3) is 10.2 Å². The van der Waals surface area contributed by atoms with Gasteiger partial charge in [-0.2, -0.15) is 17.0 Å². The molecule has 2 N–H and O–H groups in total. The molecule has 1 heterocycles. The summed E-state index contributed by atoms with van der Waals surface area (Å²) < 4.78 is 26.8. The maximum Gasteiger partial charge on any atom is 0.282 e. The largest absolute Gasteiger partial charge is 0.390 e. The Hall–Kier alpha value is -0.210. The number of likely N-dealkylation sites (N-methyl/N-ethyl adjacent to an activating group) is 1. The molecule has 0 radical (unpaired) electrons. The Morgan fingerprint density at radius 3 is 2.25 bits per heavy atom. The van der Waals surface area contributed by atoms with E-state index in [2.05, 4.69) is 5.32 Å². The van der Waals surface area contributed by atoms with Gasteiger partial charge in [-0.25, -0.2) is 0 Å². The van der Waals surface area contributed by atoms with Gasteiger partial charge in [0, 0.05) is 33.2 Å². The SMILES string of the molecule is CC(C)N(C)S(=O)(=O)N(C)[C@H]1CNC[C@@H]1O. The van der Waals surface area contributed by atoms with E-state index in [0.29, 0.717) is 13.1 Å². The zero-order valence-corrected chi connectivity index (χ0v) is 11.0. The Bertz CT molecular complexity index is 331. The highest BCUT2D eigenvalue weighted by molar-refractivity contribution is 7.86. The van der Waals surface area contributed by atoms with Crippen LogP contribution in [0.1, 0.15) is 13.8 Å². The molecule has 0 amide bonds. The normalized spacial score (nSPS) is 27.2. The first-order valence-corrected chi connectivity index (χ1v) is 6.78. The van der Waals surface area contributed by atoms with Crippen LogP contribution in [0, 0.1) is 0 Å². The van der Waals surface area contributed by atoms with Gasteiger partial charge in [-0.1, -0.05) is 0 Å². The lowest BCUT2D eigenvalue weighted by atomic mass is 10.2. The van der Waals surface area contributed by atoms with Crippen molar-refractivity contribution in [2.75, 3.05) is 27.2 Å². The van der Waals surface area contributed by atoms with Gasteiger partial charge in [-0.05, 0) is 13.8 Å². The van der Waals surface area contributed by atoms with Crippen molar-refractivity contribution in [3.8, 4) is 0 Å². The quantitative estimate of drug-likeness (QED) is 0.661. The molecule has 1 fully saturated rings. The second-order valence-corrected chi connectivity index (χ2v) is 6.47. The molecule has 0 aromatic carbocycles. The molecule has 0 aromatic rings. The highest BCUT2D eigenvalue weighted by atomic mass is 32.2. The molecule has 0 bridgehead atoms. The van der Waals surface area contributed by atoms with Crippen LogP contribution in [0.2, 0.25) is 0 Å². The van der Waals surface area contributed by atoms with Crippen LogP contribution >= 0.6 is 0 Å². The molecule has 0 aliphatic carbocycles. The second-order valence-electron chi connectivity index (χ2n) is 4.43. The third kappa shape index (κ3) is 2.54. The third-order valence-electron chi connectivity index (χ3n) is 3.07. The molecule has 1 rings (SSSR count). The van der Waals surface area contributed by atoms with Crippen LogP contribution in [0.25, 0.3) is 0 Å². The third-order valence-corrected chi connectivity index (χ3v) is 5.22. The summed E-state index contributed by atoms with van der Waals surface area (Å²) >= 11 is 0. The van der Waals surface area contributed by atoms with E-state index in [9.17, 15) is 13.5 Å². The van der Waals surface area contributed by atoms with Crippen LogP contribution in [0.4, 0.5) is 0 Å². The zero-order valence-electron chi connectivity index (χ0n) is 10.2. The van der Waals surface area contributed by atoms with Gasteiger partial charge in [0.05, 0.1) is 12.1 Å². The van der Waals surface area contributed by atoms with E-state index in [1.807, 2.05) is 13.8 Å².